The minimum absolute atomic E-state index is 0.154. The molecule has 0 saturated heterocycles. The Bertz CT molecular complexity index is 521. The van der Waals surface area contributed by atoms with Crippen molar-refractivity contribution in [2.75, 3.05) is 13.2 Å². The van der Waals surface area contributed by atoms with E-state index in [2.05, 4.69) is 11.4 Å². The van der Waals surface area contributed by atoms with Gasteiger partial charge in [0.05, 0.1) is 6.61 Å². The number of amides is 1. The van der Waals surface area contributed by atoms with Gasteiger partial charge < -0.3 is 10.1 Å². The van der Waals surface area contributed by atoms with E-state index in [1.54, 1.807) is 13.0 Å². The van der Waals surface area contributed by atoms with Crippen LogP contribution in [0.5, 0.6) is 0 Å². The van der Waals surface area contributed by atoms with Gasteiger partial charge in [-0.3, -0.25) is 9.59 Å². The highest BCUT2D eigenvalue weighted by molar-refractivity contribution is 5.91. The number of esters is 1. The Morgan fingerprint density at radius 2 is 2.05 bits per heavy atom. The van der Waals surface area contributed by atoms with Crippen molar-refractivity contribution in [1.82, 2.24) is 5.32 Å². The molecule has 1 amide bonds. The van der Waals surface area contributed by atoms with Gasteiger partial charge in [-0.2, -0.15) is 0 Å². The second kappa shape index (κ2) is 8.95. The Balaban J connectivity index is 2.33. The number of hydrogen-bond donors (Lipinski definition) is 1. The lowest BCUT2D eigenvalue weighted by molar-refractivity contribution is -0.143. The molecule has 0 heterocycles. The molecule has 4 heteroatoms. The van der Waals surface area contributed by atoms with Gasteiger partial charge in [-0.15, -0.1) is 0 Å². The van der Waals surface area contributed by atoms with Crippen LogP contribution in [0.25, 0.3) is 6.08 Å². The molecule has 0 saturated carbocycles. The molecule has 0 aromatic heterocycles. The highest BCUT2D eigenvalue weighted by Crippen LogP contribution is 2.11. The molecule has 21 heavy (non-hydrogen) atoms. The van der Waals surface area contributed by atoms with Crippen molar-refractivity contribution in [2.45, 2.75) is 33.6 Å². The van der Waals surface area contributed by atoms with Crippen LogP contribution in [0.1, 0.15) is 36.5 Å². The number of carbonyl (C=O) groups excluding carboxylic acids is 2. The van der Waals surface area contributed by atoms with Crippen LogP contribution in [0.3, 0.4) is 0 Å². The maximum atomic E-state index is 11.7. The van der Waals surface area contributed by atoms with E-state index < -0.39 is 0 Å². The monoisotopic (exact) mass is 289 g/mol. The Labute approximate surface area is 126 Å². The number of rotatable bonds is 7. The SMILES string of the molecule is CCOC(=O)CCCNC(=O)/C=C/c1ccc(C)cc1C. The third-order valence-corrected chi connectivity index (χ3v) is 3.00. The van der Waals surface area contributed by atoms with E-state index in [0.29, 0.717) is 26.0 Å². The zero-order valence-electron chi connectivity index (χ0n) is 12.9. The third kappa shape index (κ3) is 6.75. The van der Waals surface area contributed by atoms with Crippen LogP contribution in [0.15, 0.2) is 24.3 Å². The van der Waals surface area contributed by atoms with Gasteiger partial charge in [0.15, 0.2) is 0 Å². The molecule has 0 fully saturated rings. The van der Waals surface area contributed by atoms with Gasteiger partial charge in [0.1, 0.15) is 0 Å². The van der Waals surface area contributed by atoms with Crippen molar-refractivity contribution in [2.24, 2.45) is 0 Å². The van der Waals surface area contributed by atoms with E-state index in [9.17, 15) is 9.59 Å². The molecular weight excluding hydrogens is 266 g/mol. The van der Waals surface area contributed by atoms with Gasteiger partial charge >= 0.3 is 5.97 Å². The van der Waals surface area contributed by atoms with Crippen LogP contribution >= 0.6 is 0 Å². The molecule has 1 rings (SSSR count). The minimum Gasteiger partial charge on any atom is -0.466 e. The van der Waals surface area contributed by atoms with Gasteiger partial charge in [-0.25, -0.2) is 0 Å². The summed E-state index contributed by atoms with van der Waals surface area (Å²) < 4.78 is 4.81. The van der Waals surface area contributed by atoms with Gasteiger partial charge in [0.25, 0.3) is 0 Å². The number of nitrogens with one attached hydrogen (secondary N) is 1. The van der Waals surface area contributed by atoms with E-state index in [1.165, 1.54) is 11.6 Å². The highest BCUT2D eigenvalue weighted by atomic mass is 16.5. The molecule has 114 valence electrons. The molecule has 0 aliphatic rings. The molecule has 0 aliphatic carbocycles. The summed E-state index contributed by atoms with van der Waals surface area (Å²) in [5.41, 5.74) is 3.37. The highest BCUT2D eigenvalue weighted by Gasteiger charge is 2.02. The molecule has 0 aliphatic heterocycles. The van der Waals surface area contributed by atoms with Crippen LogP contribution in [-0.2, 0) is 14.3 Å². The molecule has 4 nitrogen and oxygen atoms in total. The fraction of sp³-hybridized carbons (Fsp3) is 0.412. The summed E-state index contributed by atoms with van der Waals surface area (Å²) in [6.45, 7) is 6.69. The number of ether oxygens (including phenoxy) is 1. The predicted octanol–water partition coefficient (Wildman–Crippen LogP) is 2.78. The second-order valence-electron chi connectivity index (χ2n) is 4.89. The van der Waals surface area contributed by atoms with Crippen LogP contribution in [-0.4, -0.2) is 25.0 Å². The van der Waals surface area contributed by atoms with E-state index >= 15 is 0 Å². The average Bonchev–Trinajstić information content (AvgIpc) is 2.43. The molecule has 0 spiro atoms. The first-order valence-electron chi connectivity index (χ1n) is 7.21. The molecule has 0 bridgehead atoms. The maximum Gasteiger partial charge on any atom is 0.305 e. The van der Waals surface area contributed by atoms with E-state index in [-0.39, 0.29) is 11.9 Å². The summed E-state index contributed by atoms with van der Waals surface area (Å²) in [5, 5.41) is 2.75. The maximum absolute atomic E-state index is 11.7. The Morgan fingerprint density at radius 3 is 2.71 bits per heavy atom. The van der Waals surface area contributed by atoms with E-state index in [1.807, 2.05) is 26.0 Å². The van der Waals surface area contributed by atoms with Crippen molar-refractivity contribution in [1.29, 1.82) is 0 Å². The summed E-state index contributed by atoms with van der Waals surface area (Å²) in [6, 6.07) is 6.09. The normalized spacial score (nSPS) is 10.6. The van der Waals surface area contributed by atoms with Gasteiger partial charge in [0.2, 0.25) is 5.91 Å². The van der Waals surface area contributed by atoms with Gasteiger partial charge in [0, 0.05) is 19.0 Å². The summed E-state index contributed by atoms with van der Waals surface area (Å²) >= 11 is 0. The number of aryl methyl sites for hydroxylation is 2. The van der Waals surface area contributed by atoms with E-state index in [0.717, 1.165) is 11.1 Å². The molecular formula is C17H23NO3. The van der Waals surface area contributed by atoms with Gasteiger partial charge in [-0.05, 0) is 44.4 Å². The third-order valence-electron chi connectivity index (χ3n) is 3.00. The second-order valence-corrected chi connectivity index (χ2v) is 4.89. The lowest BCUT2D eigenvalue weighted by atomic mass is 10.1. The van der Waals surface area contributed by atoms with Crippen molar-refractivity contribution < 1.29 is 14.3 Å². The first-order chi connectivity index (χ1) is 10.0. The van der Waals surface area contributed by atoms with Crippen LogP contribution < -0.4 is 5.32 Å². The van der Waals surface area contributed by atoms with Crippen LogP contribution in [0.2, 0.25) is 0 Å². The fourth-order valence-electron chi connectivity index (χ4n) is 1.91. The molecule has 1 aromatic carbocycles. The molecule has 0 atom stereocenters. The predicted molar refractivity (Wildman–Crippen MR) is 83.8 cm³/mol. The minimum atomic E-state index is -0.224. The summed E-state index contributed by atoms with van der Waals surface area (Å²) in [6.07, 6.45) is 4.23. The first kappa shape index (κ1) is 17.0. The summed E-state index contributed by atoms with van der Waals surface area (Å²) in [5.74, 6) is -0.378. The summed E-state index contributed by atoms with van der Waals surface area (Å²) in [7, 11) is 0. The molecule has 0 radical (unpaired) electrons. The van der Waals surface area contributed by atoms with Crippen LogP contribution in [0, 0.1) is 13.8 Å². The smallest absolute Gasteiger partial charge is 0.305 e. The van der Waals surface area contributed by atoms with Crippen molar-refractivity contribution in [3.8, 4) is 0 Å². The molecule has 1 aromatic rings. The largest absolute Gasteiger partial charge is 0.466 e. The summed E-state index contributed by atoms with van der Waals surface area (Å²) in [4.78, 5) is 22.8. The lowest BCUT2D eigenvalue weighted by Crippen LogP contribution is -2.22. The average molecular weight is 289 g/mol. The topological polar surface area (TPSA) is 55.4 Å². The van der Waals surface area contributed by atoms with Crippen molar-refractivity contribution in [3.63, 3.8) is 0 Å². The van der Waals surface area contributed by atoms with Gasteiger partial charge in [-0.1, -0.05) is 23.8 Å². The van der Waals surface area contributed by atoms with Crippen LogP contribution in [0.4, 0.5) is 0 Å². The van der Waals surface area contributed by atoms with Crippen molar-refractivity contribution in [3.05, 3.63) is 41.0 Å². The zero-order valence-corrected chi connectivity index (χ0v) is 12.9. The zero-order chi connectivity index (χ0) is 15.7. The Hall–Kier alpha value is -2.10. The lowest BCUT2D eigenvalue weighted by Gasteiger charge is -2.03. The molecule has 0 unspecified atom stereocenters. The fourth-order valence-corrected chi connectivity index (χ4v) is 1.91. The Kier molecular flexibility index (Phi) is 7.23. The standard InChI is InChI=1S/C17H23NO3/c1-4-21-17(20)6-5-11-18-16(19)10-9-15-8-7-13(2)12-14(15)3/h7-10,12H,4-6,11H2,1-3H3,(H,18,19)/b10-9+. The number of benzene rings is 1. The van der Waals surface area contributed by atoms with E-state index in [4.69, 9.17) is 4.74 Å². The van der Waals surface area contributed by atoms with Crippen molar-refractivity contribution >= 4 is 18.0 Å². The first-order valence-corrected chi connectivity index (χ1v) is 7.21. The number of hydrogen-bond acceptors (Lipinski definition) is 3. The Morgan fingerprint density at radius 1 is 1.29 bits per heavy atom. The molecule has 1 N–H and O–H groups in total. The quantitative estimate of drug-likeness (QED) is 0.477. The number of carbonyl (C=O) groups is 2.